The molecule has 1 fully saturated rings. The minimum Gasteiger partial charge on any atom is -0.378 e. The number of rotatable bonds is 7. The second-order valence-corrected chi connectivity index (χ2v) is 9.45. The molecule has 1 saturated heterocycles. The second kappa shape index (κ2) is 9.13. The number of sulfonamides is 1. The van der Waals surface area contributed by atoms with Gasteiger partial charge in [-0.3, -0.25) is 4.72 Å². The van der Waals surface area contributed by atoms with Crippen molar-refractivity contribution in [3.63, 3.8) is 0 Å². The van der Waals surface area contributed by atoms with Crippen molar-refractivity contribution in [1.82, 2.24) is 19.5 Å². The lowest BCUT2D eigenvalue weighted by Gasteiger charge is -2.28. The van der Waals surface area contributed by atoms with Crippen LogP contribution in [0.2, 0.25) is 0 Å². The predicted molar refractivity (Wildman–Crippen MR) is 123 cm³/mol. The maximum Gasteiger partial charge on any atom is 0.280 e. The lowest BCUT2D eigenvalue weighted by molar-refractivity contribution is 0.122. The Bertz CT molecular complexity index is 1170. The van der Waals surface area contributed by atoms with Gasteiger partial charge in [-0.1, -0.05) is 0 Å². The molecule has 1 aliphatic rings. The Morgan fingerprint density at radius 1 is 1.06 bits per heavy atom. The zero-order valence-electron chi connectivity index (χ0n) is 18.3. The monoisotopic (exact) mass is 457 g/mol. The van der Waals surface area contributed by atoms with E-state index in [2.05, 4.69) is 29.9 Å². The molecule has 0 bridgehead atoms. The van der Waals surface area contributed by atoms with Crippen LogP contribution in [0.4, 0.5) is 23.0 Å². The standard InChI is InChI=1S/C21H27N7O3S/c1-15(2)28-13-21(22-14-28)32(29,30)26-18-6-4-17(5-7-18)25-19-12-20(24-16(3)23-19)27-8-10-31-11-9-27/h4-7,12-15,26H,8-11H2,1-3H3,(H,23,24,25). The second-order valence-electron chi connectivity index (χ2n) is 7.82. The summed E-state index contributed by atoms with van der Waals surface area (Å²) in [5, 5.41) is 3.25. The van der Waals surface area contributed by atoms with Gasteiger partial charge in [-0.15, -0.1) is 0 Å². The minimum absolute atomic E-state index is 0.0134. The number of ether oxygens (including phenoxy) is 1. The van der Waals surface area contributed by atoms with Crippen LogP contribution in [0.5, 0.6) is 0 Å². The van der Waals surface area contributed by atoms with Crippen molar-refractivity contribution in [3.8, 4) is 0 Å². The van der Waals surface area contributed by atoms with Gasteiger partial charge in [-0.2, -0.15) is 8.42 Å². The summed E-state index contributed by atoms with van der Waals surface area (Å²) in [6.45, 7) is 8.72. The highest BCUT2D eigenvalue weighted by molar-refractivity contribution is 7.92. The van der Waals surface area contributed by atoms with E-state index in [1.165, 1.54) is 12.5 Å². The molecule has 1 aromatic carbocycles. The largest absolute Gasteiger partial charge is 0.378 e. The van der Waals surface area contributed by atoms with Gasteiger partial charge in [-0.05, 0) is 45.0 Å². The van der Waals surface area contributed by atoms with E-state index < -0.39 is 10.0 Å². The summed E-state index contributed by atoms with van der Waals surface area (Å²) in [5.41, 5.74) is 1.23. The number of morpholine rings is 1. The molecule has 4 rings (SSSR count). The zero-order valence-corrected chi connectivity index (χ0v) is 19.1. The summed E-state index contributed by atoms with van der Waals surface area (Å²) >= 11 is 0. The molecular weight excluding hydrogens is 430 g/mol. The molecule has 11 heteroatoms. The normalized spacial score (nSPS) is 14.6. The summed E-state index contributed by atoms with van der Waals surface area (Å²) in [4.78, 5) is 15.2. The number of benzene rings is 1. The molecule has 3 heterocycles. The lowest BCUT2D eigenvalue weighted by Crippen LogP contribution is -2.36. The molecule has 0 radical (unpaired) electrons. The first-order chi connectivity index (χ1) is 15.3. The van der Waals surface area contributed by atoms with Gasteiger partial charge in [0.05, 0.1) is 19.5 Å². The molecule has 0 spiro atoms. The Labute approximate surface area is 187 Å². The van der Waals surface area contributed by atoms with Crippen molar-refractivity contribution >= 4 is 33.0 Å². The van der Waals surface area contributed by atoms with Crippen molar-refractivity contribution in [1.29, 1.82) is 0 Å². The summed E-state index contributed by atoms with van der Waals surface area (Å²) in [5.74, 6) is 2.20. The van der Waals surface area contributed by atoms with Gasteiger partial charge in [-0.25, -0.2) is 15.0 Å². The van der Waals surface area contributed by atoms with Gasteiger partial charge < -0.3 is 19.5 Å². The molecule has 2 aromatic heterocycles. The van der Waals surface area contributed by atoms with E-state index >= 15 is 0 Å². The summed E-state index contributed by atoms with van der Waals surface area (Å²) in [6.07, 6.45) is 3.04. The highest BCUT2D eigenvalue weighted by Gasteiger charge is 2.18. The van der Waals surface area contributed by atoms with E-state index in [1.807, 2.05) is 26.8 Å². The zero-order chi connectivity index (χ0) is 22.7. The molecule has 0 aliphatic carbocycles. The molecule has 2 N–H and O–H groups in total. The van der Waals surface area contributed by atoms with E-state index in [1.54, 1.807) is 28.8 Å². The predicted octanol–water partition coefficient (Wildman–Crippen LogP) is 2.94. The highest BCUT2D eigenvalue weighted by atomic mass is 32.2. The average molecular weight is 458 g/mol. The van der Waals surface area contributed by atoms with Crippen LogP contribution in [-0.4, -0.2) is 54.2 Å². The van der Waals surface area contributed by atoms with E-state index in [4.69, 9.17) is 4.74 Å². The molecule has 32 heavy (non-hydrogen) atoms. The third kappa shape index (κ3) is 5.17. The number of aromatic nitrogens is 4. The lowest BCUT2D eigenvalue weighted by atomic mass is 10.3. The average Bonchev–Trinajstić information content (AvgIpc) is 3.27. The smallest absolute Gasteiger partial charge is 0.280 e. The van der Waals surface area contributed by atoms with Crippen LogP contribution >= 0.6 is 0 Å². The van der Waals surface area contributed by atoms with Crippen molar-refractivity contribution in [2.45, 2.75) is 31.8 Å². The van der Waals surface area contributed by atoms with E-state index in [9.17, 15) is 8.42 Å². The first-order valence-corrected chi connectivity index (χ1v) is 11.9. The Balaban J connectivity index is 1.45. The highest BCUT2D eigenvalue weighted by Crippen LogP contribution is 2.23. The van der Waals surface area contributed by atoms with Crippen LogP contribution in [0, 0.1) is 6.92 Å². The summed E-state index contributed by atoms with van der Waals surface area (Å²) in [7, 11) is -3.76. The number of aryl methyl sites for hydroxylation is 1. The van der Waals surface area contributed by atoms with Crippen LogP contribution in [0.15, 0.2) is 47.9 Å². The Hall–Kier alpha value is -3.18. The Morgan fingerprint density at radius 3 is 2.41 bits per heavy atom. The molecule has 170 valence electrons. The minimum atomic E-state index is -3.76. The van der Waals surface area contributed by atoms with Crippen LogP contribution in [0.1, 0.15) is 25.7 Å². The third-order valence-electron chi connectivity index (χ3n) is 5.02. The van der Waals surface area contributed by atoms with Crippen molar-refractivity contribution in [2.75, 3.05) is 41.2 Å². The summed E-state index contributed by atoms with van der Waals surface area (Å²) < 4.78 is 34.9. The van der Waals surface area contributed by atoms with Gasteiger partial charge in [0.1, 0.15) is 17.5 Å². The third-order valence-corrected chi connectivity index (χ3v) is 6.28. The van der Waals surface area contributed by atoms with Crippen molar-refractivity contribution in [2.24, 2.45) is 0 Å². The number of nitrogens with zero attached hydrogens (tertiary/aromatic N) is 5. The number of anilines is 4. The van der Waals surface area contributed by atoms with Crippen LogP contribution in [0.3, 0.4) is 0 Å². The van der Waals surface area contributed by atoms with Crippen LogP contribution in [-0.2, 0) is 14.8 Å². The molecule has 0 saturated carbocycles. The van der Waals surface area contributed by atoms with Crippen LogP contribution < -0.4 is 14.9 Å². The number of nitrogens with one attached hydrogen (secondary N) is 2. The Morgan fingerprint density at radius 2 is 1.75 bits per heavy atom. The van der Waals surface area contributed by atoms with Gasteiger partial charge in [0, 0.05) is 42.8 Å². The molecule has 3 aromatic rings. The quantitative estimate of drug-likeness (QED) is 0.557. The SMILES string of the molecule is Cc1nc(Nc2ccc(NS(=O)(=O)c3cn(C(C)C)cn3)cc2)cc(N2CCOCC2)n1. The molecule has 10 nitrogen and oxygen atoms in total. The summed E-state index contributed by atoms with van der Waals surface area (Å²) in [6, 6.07) is 8.99. The van der Waals surface area contributed by atoms with Gasteiger partial charge in [0.15, 0.2) is 5.03 Å². The van der Waals surface area contributed by atoms with E-state index in [0.29, 0.717) is 30.5 Å². The first-order valence-electron chi connectivity index (χ1n) is 10.4. The van der Waals surface area contributed by atoms with Gasteiger partial charge in [0.2, 0.25) is 0 Å². The van der Waals surface area contributed by atoms with E-state index in [-0.39, 0.29) is 11.1 Å². The molecule has 0 atom stereocenters. The fourth-order valence-electron chi connectivity index (χ4n) is 3.29. The van der Waals surface area contributed by atoms with Gasteiger partial charge in [0.25, 0.3) is 10.0 Å². The maximum atomic E-state index is 12.6. The molecule has 0 unspecified atom stereocenters. The number of hydrogen-bond donors (Lipinski definition) is 2. The molecular formula is C21H27N7O3S. The van der Waals surface area contributed by atoms with Gasteiger partial charge >= 0.3 is 0 Å². The number of imidazole rings is 1. The van der Waals surface area contributed by atoms with Crippen LogP contribution in [0.25, 0.3) is 0 Å². The number of hydrogen-bond acceptors (Lipinski definition) is 8. The molecule has 1 aliphatic heterocycles. The first kappa shape index (κ1) is 22.0. The maximum absolute atomic E-state index is 12.6. The molecule has 0 amide bonds. The fourth-order valence-corrected chi connectivity index (χ4v) is 4.28. The van der Waals surface area contributed by atoms with Crippen molar-refractivity contribution < 1.29 is 13.2 Å². The fraction of sp³-hybridized carbons (Fsp3) is 0.381. The topological polar surface area (TPSA) is 114 Å². The Kier molecular flexibility index (Phi) is 6.28. The van der Waals surface area contributed by atoms with Crippen molar-refractivity contribution in [3.05, 3.63) is 48.7 Å². The van der Waals surface area contributed by atoms with E-state index in [0.717, 1.165) is 24.6 Å².